The first-order valence-electron chi connectivity index (χ1n) is 10.5. The van der Waals surface area contributed by atoms with Crippen LogP contribution < -0.4 is 4.90 Å². The van der Waals surface area contributed by atoms with Gasteiger partial charge in [-0.1, -0.05) is 6.07 Å². The van der Waals surface area contributed by atoms with Crippen LogP contribution in [0.5, 0.6) is 0 Å². The quantitative estimate of drug-likeness (QED) is 0.615. The minimum atomic E-state index is -2.31. The third kappa shape index (κ3) is 3.81. The molecule has 158 valence electrons. The standard InChI is InChI=1S/C21H26N6OS2/c1-16(17-4-5-20-19(12-17)24-15-29-20)26-7-9-27(10-8-26)21-22-13-18(14-23-21)30(28)11-3-2-6-25-30/h4-5,12-16H,2-3,6-11H2,1H3. The van der Waals surface area contributed by atoms with E-state index in [0.717, 1.165) is 44.5 Å². The highest BCUT2D eigenvalue weighted by atomic mass is 32.2. The molecule has 0 N–H and O–H groups in total. The first-order valence-corrected chi connectivity index (χ1v) is 13.0. The molecule has 1 aromatic carbocycles. The van der Waals surface area contributed by atoms with Gasteiger partial charge in [-0.15, -0.1) is 11.3 Å². The fraction of sp³-hybridized carbons (Fsp3) is 0.476. The third-order valence-corrected chi connectivity index (χ3v) is 9.29. The molecule has 5 rings (SSSR count). The van der Waals surface area contributed by atoms with E-state index in [1.165, 1.54) is 10.3 Å². The molecule has 0 radical (unpaired) electrons. The number of anilines is 1. The topological polar surface area (TPSA) is 74.6 Å². The fourth-order valence-electron chi connectivity index (χ4n) is 4.17. The Balaban J connectivity index is 1.24. The van der Waals surface area contributed by atoms with Crippen molar-refractivity contribution < 1.29 is 4.21 Å². The lowest BCUT2D eigenvalue weighted by Gasteiger charge is -2.38. The second-order valence-electron chi connectivity index (χ2n) is 7.90. The maximum absolute atomic E-state index is 12.9. The van der Waals surface area contributed by atoms with Gasteiger partial charge in [-0.2, -0.15) is 0 Å². The second kappa shape index (κ2) is 8.20. The Hall–Kier alpha value is -2.10. The van der Waals surface area contributed by atoms with Crippen LogP contribution in [0.2, 0.25) is 0 Å². The first-order chi connectivity index (χ1) is 14.6. The van der Waals surface area contributed by atoms with Crippen LogP contribution in [0.3, 0.4) is 0 Å². The van der Waals surface area contributed by atoms with E-state index in [0.29, 0.717) is 29.2 Å². The van der Waals surface area contributed by atoms with Crippen LogP contribution in [-0.2, 0) is 9.73 Å². The summed E-state index contributed by atoms with van der Waals surface area (Å²) in [4.78, 5) is 18.9. The number of piperazine rings is 1. The van der Waals surface area contributed by atoms with E-state index in [9.17, 15) is 4.21 Å². The molecule has 3 aromatic rings. The van der Waals surface area contributed by atoms with Gasteiger partial charge in [0.1, 0.15) is 0 Å². The Morgan fingerprint density at radius 1 is 1.07 bits per heavy atom. The summed E-state index contributed by atoms with van der Waals surface area (Å²) >= 11 is 1.68. The third-order valence-electron chi connectivity index (χ3n) is 6.09. The second-order valence-corrected chi connectivity index (χ2v) is 11.2. The van der Waals surface area contributed by atoms with E-state index in [1.807, 2.05) is 5.51 Å². The molecule has 0 amide bonds. The van der Waals surface area contributed by atoms with Crippen LogP contribution in [0, 0.1) is 0 Å². The SMILES string of the molecule is CC(c1ccc2scnc2c1)N1CCN(c2ncc(S3(=O)=NCCCC3)cn2)CC1. The first kappa shape index (κ1) is 19.8. The average Bonchev–Trinajstić information content (AvgIpc) is 3.27. The minimum absolute atomic E-state index is 0.346. The molecule has 30 heavy (non-hydrogen) atoms. The van der Waals surface area contributed by atoms with Gasteiger partial charge >= 0.3 is 0 Å². The lowest BCUT2D eigenvalue weighted by molar-refractivity contribution is 0.198. The summed E-state index contributed by atoms with van der Waals surface area (Å²) in [6.45, 7) is 6.60. The molecule has 0 bridgehead atoms. The predicted octanol–water partition coefficient (Wildman–Crippen LogP) is 3.59. The highest BCUT2D eigenvalue weighted by Gasteiger charge is 2.24. The van der Waals surface area contributed by atoms with Gasteiger partial charge in [0, 0.05) is 56.9 Å². The van der Waals surface area contributed by atoms with Gasteiger partial charge in [0.15, 0.2) is 0 Å². The van der Waals surface area contributed by atoms with Gasteiger partial charge in [-0.05, 0) is 37.5 Å². The molecule has 2 atom stereocenters. The van der Waals surface area contributed by atoms with Crippen molar-refractivity contribution >= 4 is 37.2 Å². The number of benzene rings is 1. The molecule has 4 heterocycles. The van der Waals surface area contributed by atoms with Crippen molar-refractivity contribution in [1.82, 2.24) is 19.9 Å². The van der Waals surface area contributed by atoms with E-state index in [-0.39, 0.29) is 0 Å². The molecule has 7 nitrogen and oxygen atoms in total. The summed E-state index contributed by atoms with van der Waals surface area (Å²) in [5.74, 6) is 1.34. The largest absolute Gasteiger partial charge is 0.338 e. The lowest BCUT2D eigenvalue weighted by atomic mass is 10.1. The summed E-state index contributed by atoms with van der Waals surface area (Å²) in [5.41, 5.74) is 4.30. The van der Waals surface area contributed by atoms with E-state index >= 15 is 0 Å². The number of hydrogen-bond acceptors (Lipinski definition) is 8. The van der Waals surface area contributed by atoms with E-state index in [2.05, 4.69) is 54.2 Å². The number of hydrogen-bond donors (Lipinski definition) is 0. The zero-order chi connectivity index (χ0) is 20.6. The molecular formula is C21H26N6OS2. The van der Waals surface area contributed by atoms with Crippen LogP contribution in [0.25, 0.3) is 10.2 Å². The molecule has 1 fully saturated rings. The summed E-state index contributed by atoms with van der Waals surface area (Å²) in [5, 5.41) is 0. The number of aromatic nitrogens is 3. The van der Waals surface area contributed by atoms with Gasteiger partial charge in [0.05, 0.1) is 30.4 Å². The van der Waals surface area contributed by atoms with Crippen molar-refractivity contribution in [3.05, 3.63) is 41.7 Å². The van der Waals surface area contributed by atoms with E-state index in [1.54, 1.807) is 23.7 Å². The number of nitrogens with zero attached hydrogens (tertiary/aromatic N) is 6. The van der Waals surface area contributed by atoms with Crippen LogP contribution >= 0.6 is 11.3 Å². The van der Waals surface area contributed by atoms with Gasteiger partial charge < -0.3 is 4.90 Å². The zero-order valence-corrected chi connectivity index (χ0v) is 18.7. The highest BCUT2D eigenvalue weighted by Crippen LogP contribution is 2.27. The molecule has 9 heteroatoms. The van der Waals surface area contributed by atoms with Gasteiger partial charge in [0.25, 0.3) is 0 Å². The molecular weight excluding hydrogens is 416 g/mol. The normalized spacial score (nSPS) is 24.0. The van der Waals surface area contributed by atoms with E-state index < -0.39 is 9.73 Å². The number of thiazole rings is 1. The predicted molar refractivity (Wildman–Crippen MR) is 122 cm³/mol. The molecule has 1 saturated heterocycles. The molecule has 2 aromatic heterocycles. The van der Waals surface area contributed by atoms with Gasteiger partial charge in [0.2, 0.25) is 5.95 Å². The molecule has 0 spiro atoms. The van der Waals surface area contributed by atoms with Crippen molar-refractivity contribution in [2.24, 2.45) is 4.36 Å². The summed E-state index contributed by atoms with van der Waals surface area (Å²) in [6, 6.07) is 6.95. The van der Waals surface area contributed by atoms with E-state index in [4.69, 9.17) is 0 Å². The number of fused-ring (bicyclic) bond motifs is 1. The monoisotopic (exact) mass is 442 g/mol. The Labute approximate surface area is 181 Å². The van der Waals surface area contributed by atoms with Crippen molar-refractivity contribution in [3.8, 4) is 0 Å². The summed E-state index contributed by atoms with van der Waals surface area (Å²) in [6.07, 6.45) is 5.42. The smallest absolute Gasteiger partial charge is 0.225 e. The maximum atomic E-state index is 12.9. The highest BCUT2D eigenvalue weighted by molar-refractivity contribution is 7.93. The van der Waals surface area contributed by atoms with Gasteiger partial charge in [-0.25, -0.2) is 23.5 Å². The van der Waals surface area contributed by atoms with Crippen LogP contribution in [0.4, 0.5) is 5.95 Å². The fourth-order valence-corrected chi connectivity index (χ4v) is 6.80. The molecule has 2 aliphatic heterocycles. The van der Waals surface area contributed by atoms with Crippen molar-refractivity contribution in [2.45, 2.75) is 30.7 Å². The van der Waals surface area contributed by atoms with Crippen LogP contribution in [0.1, 0.15) is 31.4 Å². The average molecular weight is 443 g/mol. The number of rotatable bonds is 4. The Kier molecular flexibility index (Phi) is 5.43. The Bertz CT molecular complexity index is 1140. The molecule has 2 unspecified atom stereocenters. The van der Waals surface area contributed by atoms with Crippen LogP contribution in [0.15, 0.2) is 45.4 Å². The van der Waals surface area contributed by atoms with Crippen molar-refractivity contribution in [2.75, 3.05) is 43.4 Å². The summed E-state index contributed by atoms with van der Waals surface area (Å²) < 4.78 is 18.5. The zero-order valence-electron chi connectivity index (χ0n) is 17.1. The molecule has 0 saturated carbocycles. The van der Waals surface area contributed by atoms with Crippen molar-refractivity contribution in [3.63, 3.8) is 0 Å². The minimum Gasteiger partial charge on any atom is -0.338 e. The van der Waals surface area contributed by atoms with Gasteiger partial charge in [-0.3, -0.25) is 4.90 Å². The van der Waals surface area contributed by atoms with Crippen LogP contribution in [-0.4, -0.2) is 62.5 Å². The summed E-state index contributed by atoms with van der Waals surface area (Å²) in [7, 11) is -2.31. The van der Waals surface area contributed by atoms with Crippen molar-refractivity contribution in [1.29, 1.82) is 0 Å². The molecule has 2 aliphatic rings. The lowest BCUT2D eigenvalue weighted by Crippen LogP contribution is -2.47. The Morgan fingerprint density at radius 3 is 2.60 bits per heavy atom. The Morgan fingerprint density at radius 2 is 1.87 bits per heavy atom. The molecule has 0 aliphatic carbocycles. The maximum Gasteiger partial charge on any atom is 0.225 e.